The minimum Gasteiger partial charge on any atom is -0.497 e. The van der Waals surface area contributed by atoms with Gasteiger partial charge in [0, 0.05) is 5.56 Å². The van der Waals surface area contributed by atoms with E-state index in [1.807, 2.05) is 6.92 Å². The highest BCUT2D eigenvalue weighted by Crippen LogP contribution is 2.17. The fourth-order valence-electron chi connectivity index (χ4n) is 1.84. The molecule has 2 aromatic carbocycles. The maximum absolute atomic E-state index is 12.8. The molecule has 1 amide bonds. The van der Waals surface area contributed by atoms with E-state index in [9.17, 15) is 9.18 Å². The first-order valence-electron chi connectivity index (χ1n) is 6.92. The van der Waals surface area contributed by atoms with Crippen molar-refractivity contribution < 1.29 is 18.7 Å². The predicted octanol–water partition coefficient (Wildman–Crippen LogP) is 3.03. The maximum Gasteiger partial charge on any atom is 0.251 e. The Hall–Kier alpha value is -2.56. The average molecular weight is 303 g/mol. The SMILES string of the molecule is COc1ccc(OC[C@H](C)NC(=O)c2ccc(F)cc2)cc1. The summed E-state index contributed by atoms with van der Waals surface area (Å²) in [5.41, 5.74) is 0.415. The summed E-state index contributed by atoms with van der Waals surface area (Å²) >= 11 is 0. The second-order valence-corrected chi connectivity index (χ2v) is 4.87. The van der Waals surface area contributed by atoms with Gasteiger partial charge in [-0.25, -0.2) is 4.39 Å². The summed E-state index contributed by atoms with van der Waals surface area (Å²) in [5, 5.41) is 2.80. The van der Waals surface area contributed by atoms with Crippen molar-refractivity contribution in [1.29, 1.82) is 0 Å². The van der Waals surface area contributed by atoms with Gasteiger partial charge >= 0.3 is 0 Å². The highest BCUT2D eigenvalue weighted by molar-refractivity contribution is 5.94. The third kappa shape index (κ3) is 4.48. The van der Waals surface area contributed by atoms with Crippen molar-refractivity contribution in [2.45, 2.75) is 13.0 Å². The summed E-state index contributed by atoms with van der Waals surface area (Å²) in [4.78, 5) is 12.0. The number of carbonyl (C=O) groups excluding carboxylic acids is 1. The van der Waals surface area contributed by atoms with Crippen molar-refractivity contribution in [1.82, 2.24) is 5.32 Å². The maximum atomic E-state index is 12.8. The number of benzene rings is 2. The molecule has 0 spiro atoms. The molecular formula is C17H18FNO3. The van der Waals surface area contributed by atoms with Gasteiger partial charge in [0.1, 0.15) is 23.9 Å². The van der Waals surface area contributed by atoms with E-state index < -0.39 is 0 Å². The Morgan fingerprint density at radius 1 is 1.09 bits per heavy atom. The van der Waals surface area contributed by atoms with Gasteiger partial charge in [-0.05, 0) is 55.5 Å². The number of amides is 1. The van der Waals surface area contributed by atoms with Crippen molar-refractivity contribution in [3.63, 3.8) is 0 Å². The van der Waals surface area contributed by atoms with Gasteiger partial charge in [-0.3, -0.25) is 4.79 Å². The topological polar surface area (TPSA) is 47.6 Å². The van der Waals surface area contributed by atoms with Crippen LogP contribution in [0.1, 0.15) is 17.3 Å². The van der Waals surface area contributed by atoms with Crippen LogP contribution in [0.15, 0.2) is 48.5 Å². The van der Waals surface area contributed by atoms with Crippen LogP contribution in [0.3, 0.4) is 0 Å². The molecular weight excluding hydrogens is 285 g/mol. The van der Waals surface area contributed by atoms with Crippen LogP contribution in [0.4, 0.5) is 4.39 Å². The van der Waals surface area contributed by atoms with Gasteiger partial charge in [0.15, 0.2) is 0 Å². The highest BCUT2D eigenvalue weighted by atomic mass is 19.1. The lowest BCUT2D eigenvalue weighted by molar-refractivity contribution is 0.0926. The Balaban J connectivity index is 1.82. The molecule has 0 heterocycles. The van der Waals surface area contributed by atoms with Crippen LogP contribution in [-0.2, 0) is 0 Å². The first-order valence-corrected chi connectivity index (χ1v) is 6.92. The quantitative estimate of drug-likeness (QED) is 0.892. The normalized spacial score (nSPS) is 11.6. The molecule has 0 saturated carbocycles. The van der Waals surface area contributed by atoms with Gasteiger partial charge in [0.25, 0.3) is 5.91 Å². The molecule has 1 atom stereocenters. The fourth-order valence-corrected chi connectivity index (χ4v) is 1.84. The van der Waals surface area contributed by atoms with Crippen molar-refractivity contribution in [2.24, 2.45) is 0 Å². The molecule has 0 aliphatic rings. The Morgan fingerprint density at radius 3 is 2.27 bits per heavy atom. The van der Waals surface area contributed by atoms with Crippen molar-refractivity contribution in [3.8, 4) is 11.5 Å². The summed E-state index contributed by atoms with van der Waals surface area (Å²) in [7, 11) is 1.60. The molecule has 0 aromatic heterocycles. The Kier molecular flexibility index (Phi) is 5.36. The van der Waals surface area contributed by atoms with E-state index in [0.29, 0.717) is 17.9 Å². The van der Waals surface area contributed by atoms with E-state index in [1.54, 1.807) is 31.4 Å². The lowest BCUT2D eigenvalue weighted by Crippen LogP contribution is -2.36. The van der Waals surface area contributed by atoms with E-state index in [4.69, 9.17) is 9.47 Å². The first-order chi connectivity index (χ1) is 10.6. The smallest absolute Gasteiger partial charge is 0.251 e. The Labute approximate surface area is 128 Å². The zero-order valence-electron chi connectivity index (χ0n) is 12.5. The van der Waals surface area contributed by atoms with Gasteiger partial charge in [-0.1, -0.05) is 0 Å². The minimum atomic E-state index is -0.368. The van der Waals surface area contributed by atoms with Crippen LogP contribution >= 0.6 is 0 Å². The molecule has 0 saturated heterocycles. The number of nitrogens with one attached hydrogen (secondary N) is 1. The lowest BCUT2D eigenvalue weighted by Gasteiger charge is -2.15. The largest absolute Gasteiger partial charge is 0.497 e. The molecule has 0 radical (unpaired) electrons. The molecule has 0 bridgehead atoms. The van der Waals surface area contributed by atoms with Gasteiger partial charge in [0.2, 0.25) is 0 Å². The van der Waals surface area contributed by atoms with Crippen LogP contribution in [0.2, 0.25) is 0 Å². The zero-order valence-corrected chi connectivity index (χ0v) is 12.5. The minimum absolute atomic E-state index is 0.181. The summed E-state index contributed by atoms with van der Waals surface area (Å²) in [6.45, 7) is 2.17. The number of hydrogen-bond donors (Lipinski definition) is 1. The summed E-state index contributed by atoms with van der Waals surface area (Å²) < 4.78 is 23.5. The second kappa shape index (κ2) is 7.45. The van der Waals surface area contributed by atoms with E-state index in [1.165, 1.54) is 24.3 Å². The van der Waals surface area contributed by atoms with Gasteiger partial charge < -0.3 is 14.8 Å². The Bertz CT molecular complexity index is 611. The number of rotatable bonds is 6. The van der Waals surface area contributed by atoms with Gasteiger partial charge in [0.05, 0.1) is 13.2 Å². The van der Waals surface area contributed by atoms with Gasteiger partial charge in [-0.15, -0.1) is 0 Å². The molecule has 116 valence electrons. The predicted molar refractivity (Wildman–Crippen MR) is 81.8 cm³/mol. The first kappa shape index (κ1) is 15.8. The van der Waals surface area contributed by atoms with E-state index in [2.05, 4.69) is 5.32 Å². The van der Waals surface area contributed by atoms with Crippen LogP contribution in [0, 0.1) is 5.82 Å². The molecule has 4 nitrogen and oxygen atoms in total. The van der Waals surface area contributed by atoms with Crippen LogP contribution in [-0.4, -0.2) is 25.7 Å². The standard InChI is InChI=1S/C17H18FNO3/c1-12(11-22-16-9-7-15(21-2)8-10-16)19-17(20)13-3-5-14(18)6-4-13/h3-10,12H,11H2,1-2H3,(H,19,20)/t12-/m0/s1. The number of halogens is 1. The van der Waals surface area contributed by atoms with E-state index in [-0.39, 0.29) is 17.8 Å². The summed E-state index contributed by atoms with van der Waals surface area (Å²) in [6, 6.07) is 12.4. The highest BCUT2D eigenvalue weighted by Gasteiger charge is 2.10. The average Bonchev–Trinajstić information content (AvgIpc) is 2.54. The van der Waals surface area contributed by atoms with E-state index >= 15 is 0 Å². The van der Waals surface area contributed by atoms with Crippen LogP contribution < -0.4 is 14.8 Å². The van der Waals surface area contributed by atoms with Crippen molar-refractivity contribution in [2.75, 3.05) is 13.7 Å². The molecule has 2 aromatic rings. The third-order valence-electron chi connectivity index (χ3n) is 3.04. The summed E-state index contributed by atoms with van der Waals surface area (Å²) in [6.07, 6.45) is 0. The number of carbonyl (C=O) groups is 1. The molecule has 0 fully saturated rings. The fraction of sp³-hybridized carbons (Fsp3) is 0.235. The van der Waals surface area contributed by atoms with Crippen molar-refractivity contribution >= 4 is 5.91 Å². The molecule has 0 aliphatic carbocycles. The molecule has 0 unspecified atom stereocenters. The lowest BCUT2D eigenvalue weighted by atomic mass is 10.2. The molecule has 22 heavy (non-hydrogen) atoms. The second-order valence-electron chi connectivity index (χ2n) is 4.87. The van der Waals surface area contributed by atoms with Crippen LogP contribution in [0.5, 0.6) is 11.5 Å². The molecule has 0 aliphatic heterocycles. The molecule has 2 rings (SSSR count). The third-order valence-corrected chi connectivity index (χ3v) is 3.04. The van der Waals surface area contributed by atoms with Crippen molar-refractivity contribution in [3.05, 3.63) is 59.9 Å². The molecule has 1 N–H and O–H groups in total. The number of ether oxygens (including phenoxy) is 2. The van der Waals surface area contributed by atoms with Gasteiger partial charge in [-0.2, -0.15) is 0 Å². The Morgan fingerprint density at radius 2 is 1.68 bits per heavy atom. The number of hydrogen-bond acceptors (Lipinski definition) is 3. The van der Waals surface area contributed by atoms with E-state index in [0.717, 1.165) is 5.75 Å². The van der Waals surface area contributed by atoms with Crippen LogP contribution in [0.25, 0.3) is 0 Å². The number of methoxy groups -OCH3 is 1. The molecule has 5 heteroatoms. The zero-order chi connectivity index (χ0) is 15.9. The monoisotopic (exact) mass is 303 g/mol. The summed E-state index contributed by atoms with van der Waals surface area (Å²) in [5.74, 6) is 0.826.